The summed E-state index contributed by atoms with van der Waals surface area (Å²) >= 11 is 0. The molecule has 26 heavy (non-hydrogen) atoms. The van der Waals surface area contributed by atoms with Gasteiger partial charge in [0.05, 0.1) is 11.8 Å². The predicted molar refractivity (Wildman–Crippen MR) is 104 cm³/mol. The summed E-state index contributed by atoms with van der Waals surface area (Å²) in [6, 6.07) is 7.21. The highest BCUT2D eigenvalue weighted by molar-refractivity contribution is 6.18. The first kappa shape index (κ1) is 18.4. The van der Waals surface area contributed by atoms with Crippen LogP contribution in [0.1, 0.15) is 60.2 Å². The highest BCUT2D eigenvalue weighted by Crippen LogP contribution is 2.39. The topological polar surface area (TPSA) is 58.2 Å². The van der Waals surface area contributed by atoms with Gasteiger partial charge in [-0.05, 0) is 25.0 Å². The molecule has 0 fully saturated rings. The smallest absolute Gasteiger partial charge is 0.173 e. The number of Topliss-reactive ketones (excluding diaryl/α,β-unsaturated/α-hetero) is 2. The summed E-state index contributed by atoms with van der Waals surface area (Å²) in [6.07, 6.45) is 8.21. The molecule has 138 valence electrons. The van der Waals surface area contributed by atoms with Crippen LogP contribution in [0.2, 0.25) is 0 Å². The van der Waals surface area contributed by atoms with Crippen molar-refractivity contribution < 1.29 is 9.59 Å². The molecule has 2 atom stereocenters. The van der Waals surface area contributed by atoms with Crippen LogP contribution in [0.4, 0.5) is 0 Å². The summed E-state index contributed by atoms with van der Waals surface area (Å²) in [6.45, 7) is 5.92. The Balaban J connectivity index is 1.95. The van der Waals surface area contributed by atoms with Crippen molar-refractivity contribution in [1.82, 2.24) is 10.6 Å². The molecule has 0 saturated carbocycles. The summed E-state index contributed by atoms with van der Waals surface area (Å²) in [5.74, 6) is -0.793. The molecule has 2 aliphatic rings. The number of hydrogen-bond donors (Lipinski definition) is 2. The zero-order valence-corrected chi connectivity index (χ0v) is 15.7. The average molecular weight is 352 g/mol. The molecule has 0 bridgehead atoms. The molecular weight excluding hydrogens is 324 g/mol. The minimum absolute atomic E-state index is 0.0448. The second-order valence-electron chi connectivity index (χ2n) is 7.03. The van der Waals surface area contributed by atoms with Gasteiger partial charge in [0.15, 0.2) is 11.6 Å². The molecule has 0 radical (unpaired) electrons. The number of allylic oxidation sites excluding steroid dienone is 4. The van der Waals surface area contributed by atoms with Gasteiger partial charge in [0.2, 0.25) is 0 Å². The van der Waals surface area contributed by atoms with E-state index < -0.39 is 11.8 Å². The molecule has 0 spiro atoms. The summed E-state index contributed by atoms with van der Waals surface area (Å²) in [4.78, 5) is 26.5. The van der Waals surface area contributed by atoms with Gasteiger partial charge in [0.1, 0.15) is 0 Å². The molecule has 0 saturated heterocycles. The van der Waals surface area contributed by atoms with Gasteiger partial charge in [0.25, 0.3) is 0 Å². The van der Waals surface area contributed by atoms with Crippen LogP contribution in [0.25, 0.3) is 0 Å². The van der Waals surface area contributed by atoms with Gasteiger partial charge in [-0.3, -0.25) is 9.59 Å². The Hall–Kier alpha value is -2.36. The van der Waals surface area contributed by atoms with Crippen molar-refractivity contribution in [2.24, 2.45) is 11.8 Å². The monoisotopic (exact) mass is 352 g/mol. The number of carbonyl (C=O) groups is 2. The van der Waals surface area contributed by atoms with Crippen LogP contribution in [0.15, 0.2) is 47.8 Å². The van der Waals surface area contributed by atoms with Crippen molar-refractivity contribution in [3.63, 3.8) is 0 Å². The summed E-state index contributed by atoms with van der Waals surface area (Å²) in [5.41, 5.74) is 2.85. The van der Waals surface area contributed by atoms with Crippen LogP contribution in [-0.2, 0) is 0 Å². The molecule has 2 N–H and O–H groups in total. The largest absolute Gasteiger partial charge is 0.388 e. The van der Waals surface area contributed by atoms with Crippen molar-refractivity contribution in [1.29, 1.82) is 0 Å². The van der Waals surface area contributed by atoms with Crippen molar-refractivity contribution in [3.8, 4) is 0 Å². The Labute approximate surface area is 155 Å². The fourth-order valence-corrected chi connectivity index (χ4v) is 3.74. The zero-order chi connectivity index (χ0) is 18.5. The quantitative estimate of drug-likeness (QED) is 0.698. The van der Waals surface area contributed by atoms with Crippen molar-refractivity contribution in [3.05, 3.63) is 58.9 Å². The van der Waals surface area contributed by atoms with Crippen LogP contribution in [0.3, 0.4) is 0 Å². The third-order valence-electron chi connectivity index (χ3n) is 5.19. The maximum atomic E-state index is 13.2. The maximum absolute atomic E-state index is 13.2. The number of unbranched alkanes of at least 4 members (excludes halogenated alkanes) is 2. The number of nitrogens with one attached hydrogen (secondary N) is 2. The van der Waals surface area contributed by atoms with Gasteiger partial charge >= 0.3 is 0 Å². The zero-order valence-electron chi connectivity index (χ0n) is 15.7. The molecule has 0 aromatic heterocycles. The number of hydrogen-bond acceptors (Lipinski definition) is 4. The van der Waals surface area contributed by atoms with E-state index in [0.29, 0.717) is 11.1 Å². The molecule has 3 rings (SSSR count). The molecular formula is C22H28N2O2. The first-order valence-corrected chi connectivity index (χ1v) is 9.76. The lowest BCUT2D eigenvalue weighted by molar-refractivity contribution is 0.0775. The molecule has 0 amide bonds. The van der Waals surface area contributed by atoms with E-state index >= 15 is 0 Å². The molecule has 1 aromatic rings. The van der Waals surface area contributed by atoms with Crippen LogP contribution in [0.5, 0.6) is 0 Å². The molecule has 1 aromatic carbocycles. The third-order valence-corrected chi connectivity index (χ3v) is 5.19. The normalized spacial score (nSPS) is 21.5. The van der Waals surface area contributed by atoms with Gasteiger partial charge in [-0.1, -0.05) is 51.0 Å². The lowest BCUT2D eigenvalue weighted by atomic mass is 9.69. The molecule has 0 aliphatic heterocycles. The van der Waals surface area contributed by atoms with Crippen LogP contribution < -0.4 is 10.6 Å². The van der Waals surface area contributed by atoms with Crippen LogP contribution in [-0.4, -0.2) is 24.7 Å². The molecule has 4 heteroatoms. The Morgan fingerprint density at radius 1 is 0.769 bits per heavy atom. The fraction of sp³-hybridized carbons (Fsp3) is 0.455. The van der Waals surface area contributed by atoms with E-state index in [4.69, 9.17) is 0 Å². The maximum Gasteiger partial charge on any atom is 0.173 e. The Bertz CT molecular complexity index is 685. The van der Waals surface area contributed by atoms with Crippen LogP contribution >= 0.6 is 0 Å². The minimum atomic E-state index is -0.441. The van der Waals surface area contributed by atoms with E-state index in [-0.39, 0.29) is 11.6 Å². The molecule has 4 nitrogen and oxygen atoms in total. The average Bonchev–Trinajstić information content (AvgIpc) is 2.67. The first-order chi connectivity index (χ1) is 12.7. The van der Waals surface area contributed by atoms with Crippen LogP contribution in [0, 0.1) is 11.8 Å². The van der Waals surface area contributed by atoms with E-state index in [2.05, 4.69) is 24.5 Å². The van der Waals surface area contributed by atoms with Crippen molar-refractivity contribution >= 4 is 11.6 Å². The van der Waals surface area contributed by atoms with Gasteiger partial charge in [-0.25, -0.2) is 0 Å². The first-order valence-electron chi connectivity index (χ1n) is 9.76. The summed E-state index contributed by atoms with van der Waals surface area (Å²) < 4.78 is 0. The number of rotatable bonds is 8. The number of carbonyl (C=O) groups excluding carboxylic acids is 2. The third kappa shape index (κ3) is 3.46. The Kier molecular flexibility index (Phi) is 5.92. The Morgan fingerprint density at radius 3 is 1.58 bits per heavy atom. The standard InChI is InChI=1S/C22H28N2O2/c1-3-5-13-23-17-11-12-18(24-14-6-4-2)20-19(17)21(25)15-9-7-8-10-16(15)22(20)26/h7-12,19-20,23-24H,3-6,13-14H2,1-2H3. The van der Waals surface area contributed by atoms with Crippen molar-refractivity contribution in [2.45, 2.75) is 39.5 Å². The number of ketones is 2. The second-order valence-corrected chi connectivity index (χ2v) is 7.03. The van der Waals surface area contributed by atoms with E-state index in [1.165, 1.54) is 0 Å². The van der Waals surface area contributed by atoms with Gasteiger partial charge in [-0.15, -0.1) is 0 Å². The molecule has 0 heterocycles. The predicted octanol–water partition coefficient (Wildman–Crippen LogP) is 3.86. The van der Waals surface area contributed by atoms with E-state index in [0.717, 1.165) is 50.2 Å². The summed E-state index contributed by atoms with van der Waals surface area (Å²) in [5, 5.41) is 6.81. The minimum Gasteiger partial charge on any atom is -0.388 e. The van der Waals surface area contributed by atoms with E-state index in [9.17, 15) is 9.59 Å². The lowest BCUT2D eigenvalue weighted by Gasteiger charge is -2.36. The number of benzene rings is 1. The SMILES string of the molecule is CCCCNC1=CC=C(NCCCC)C2C(=O)c3ccccc3C(=O)C12. The highest BCUT2D eigenvalue weighted by Gasteiger charge is 2.46. The number of fused-ring (bicyclic) bond motifs is 2. The van der Waals surface area contributed by atoms with E-state index in [1.807, 2.05) is 24.3 Å². The van der Waals surface area contributed by atoms with Crippen molar-refractivity contribution in [2.75, 3.05) is 13.1 Å². The molecule has 2 unspecified atom stereocenters. The van der Waals surface area contributed by atoms with Gasteiger partial charge in [0, 0.05) is 35.6 Å². The molecule has 2 aliphatic carbocycles. The second kappa shape index (κ2) is 8.35. The fourth-order valence-electron chi connectivity index (χ4n) is 3.74. The lowest BCUT2D eigenvalue weighted by Crippen LogP contribution is -2.45. The van der Waals surface area contributed by atoms with E-state index in [1.54, 1.807) is 12.1 Å². The van der Waals surface area contributed by atoms with Gasteiger partial charge < -0.3 is 10.6 Å². The Morgan fingerprint density at radius 2 is 1.19 bits per heavy atom. The summed E-state index contributed by atoms with van der Waals surface area (Å²) in [7, 11) is 0. The highest BCUT2D eigenvalue weighted by atomic mass is 16.1. The van der Waals surface area contributed by atoms with Gasteiger partial charge in [-0.2, -0.15) is 0 Å².